The number of fused-ring (bicyclic) bond motifs is 3. The van der Waals surface area contributed by atoms with Crippen molar-refractivity contribution >= 4 is 23.3 Å². The van der Waals surface area contributed by atoms with Crippen LogP contribution in [0, 0.1) is 5.92 Å². The maximum absolute atomic E-state index is 11.1. The lowest BCUT2D eigenvalue weighted by atomic mass is 9.66. The molecule has 1 fully saturated rings. The van der Waals surface area contributed by atoms with Gasteiger partial charge in [0.15, 0.2) is 0 Å². The highest BCUT2D eigenvalue weighted by Crippen LogP contribution is 2.56. The van der Waals surface area contributed by atoms with E-state index in [9.17, 15) is 4.79 Å². The van der Waals surface area contributed by atoms with Crippen molar-refractivity contribution in [1.82, 2.24) is 0 Å². The molecule has 1 saturated carbocycles. The van der Waals surface area contributed by atoms with Gasteiger partial charge in [-0.1, -0.05) is 37.1 Å². The number of aromatic carboxylic acids is 1. The predicted octanol–water partition coefficient (Wildman–Crippen LogP) is 5.26. The van der Waals surface area contributed by atoms with Gasteiger partial charge < -0.3 is 10.4 Å². The third kappa shape index (κ3) is 2.30. The second kappa shape index (κ2) is 5.52. The number of hydrogen-bond donors (Lipinski definition) is 2. The van der Waals surface area contributed by atoms with E-state index >= 15 is 0 Å². The van der Waals surface area contributed by atoms with Crippen LogP contribution in [0.4, 0.5) is 5.69 Å². The normalized spacial score (nSPS) is 27.9. The van der Waals surface area contributed by atoms with Gasteiger partial charge in [-0.25, -0.2) is 4.79 Å². The zero-order valence-corrected chi connectivity index (χ0v) is 14.3. The number of carboxylic acid groups (broad SMARTS) is 1. The second-order valence-electron chi connectivity index (χ2n) is 7.16. The summed E-state index contributed by atoms with van der Waals surface area (Å²) in [5.74, 6) is -0.400. The van der Waals surface area contributed by atoms with Gasteiger partial charge in [0.1, 0.15) is 0 Å². The molecule has 1 heterocycles. The number of carbonyl (C=O) groups is 1. The van der Waals surface area contributed by atoms with Gasteiger partial charge >= 0.3 is 5.97 Å². The maximum Gasteiger partial charge on any atom is 0.335 e. The fourth-order valence-corrected chi connectivity index (χ4v) is 4.77. The van der Waals surface area contributed by atoms with Gasteiger partial charge in [0.25, 0.3) is 0 Å². The topological polar surface area (TPSA) is 49.3 Å². The van der Waals surface area contributed by atoms with Gasteiger partial charge in [-0.2, -0.15) is 0 Å². The molecule has 2 N–H and O–H groups in total. The van der Waals surface area contributed by atoms with Crippen molar-refractivity contribution in [3.8, 4) is 0 Å². The zero-order valence-electron chi connectivity index (χ0n) is 13.6. The first-order chi connectivity index (χ1) is 11.5. The molecule has 0 radical (unpaired) electrons. The first-order valence-corrected chi connectivity index (χ1v) is 8.77. The van der Waals surface area contributed by atoms with Crippen LogP contribution in [0.15, 0.2) is 42.5 Å². The average Bonchev–Trinajstić information content (AvgIpc) is 2.97. The number of halogens is 1. The van der Waals surface area contributed by atoms with E-state index in [1.165, 1.54) is 18.4 Å². The molecule has 0 aromatic heterocycles. The van der Waals surface area contributed by atoms with Gasteiger partial charge in [0.2, 0.25) is 0 Å². The van der Waals surface area contributed by atoms with E-state index in [0.29, 0.717) is 11.5 Å². The summed E-state index contributed by atoms with van der Waals surface area (Å²) < 4.78 is 0. The van der Waals surface area contributed by atoms with Crippen molar-refractivity contribution in [3.63, 3.8) is 0 Å². The molecule has 0 saturated heterocycles. The minimum atomic E-state index is -0.885. The van der Waals surface area contributed by atoms with E-state index in [4.69, 9.17) is 16.7 Å². The van der Waals surface area contributed by atoms with Crippen molar-refractivity contribution in [2.75, 3.05) is 5.32 Å². The molecular weight excluding hydrogens is 322 g/mol. The van der Waals surface area contributed by atoms with Crippen molar-refractivity contribution in [2.24, 2.45) is 5.92 Å². The molecule has 4 rings (SSSR count). The first kappa shape index (κ1) is 15.5. The lowest BCUT2D eigenvalue weighted by molar-refractivity contribution is 0.0697. The van der Waals surface area contributed by atoms with Gasteiger partial charge in [-0.15, -0.1) is 0 Å². The maximum atomic E-state index is 11.1. The van der Waals surface area contributed by atoms with Crippen LogP contribution in [0.3, 0.4) is 0 Å². The molecule has 3 atom stereocenters. The summed E-state index contributed by atoms with van der Waals surface area (Å²) in [6.45, 7) is 2.35. The summed E-state index contributed by atoms with van der Waals surface area (Å²) in [6, 6.07) is 13.6. The van der Waals surface area contributed by atoms with Crippen molar-refractivity contribution in [2.45, 2.75) is 37.6 Å². The predicted molar refractivity (Wildman–Crippen MR) is 95.9 cm³/mol. The number of benzene rings is 2. The third-order valence-electron chi connectivity index (χ3n) is 5.86. The van der Waals surface area contributed by atoms with E-state index in [1.54, 1.807) is 12.1 Å². The van der Waals surface area contributed by atoms with Gasteiger partial charge in [-0.3, -0.25) is 0 Å². The third-order valence-corrected chi connectivity index (χ3v) is 6.09. The number of nitrogens with one attached hydrogen (secondary N) is 1. The van der Waals surface area contributed by atoms with Crippen molar-refractivity contribution in [3.05, 3.63) is 64.2 Å². The highest BCUT2D eigenvalue weighted by Gasteiger charge is 2.48. The fourth-order valence-electron chi connectivity index (χ4n) is 4.59. The molecule has 1 aliphatic heterocycles. The Labute approximate surface area is 146 Å². The number of hydrogen-bond acceptors (Lipinski definition) is 2. The second-order valence-corrected chi connectivity index (χ2v) is 7.59. The SMILES string of the molecule is C[C@@]12CCC[C@@H]1[C@@H](c1ccc(C(=O)O)cc1)Nc1ccc(Cl)cc12. The first-order valence-electron chi connectivity index (χ1n) is 8.39. The van der Waals surface area contributed by atoms with E-state index in [2.05, 4.69) is 24.4 Å². The van der Waals surface area contributed by atoms with Crippen LogP contribution in [-0.2, 0) is 5.41 Å². The Morgan fingerprint density at radius 1 is 1.25 bits per heavy atom. The van der Waals surface area contributed by atoms with Gasteiger partial charge in [-0.05, 0) is 65.6 Å². The van der Waals surface area contributed by atoms with Crippen LogP contribution < -0.4 is 5.32 Å². The molecule has 0 unspecified atom stereocenters. The van der Waals surface area contributed by atoms with E-state index in [1.807, 2.05) is 18.2 Å². The zero-order chi connectivity index (χ0) is 16.9. The summed E-state index contributed by atoms with van der Waals surface area (Å²) >= 11 is 6.25. The highest BCUT2D eigenvalue weighted by atomic mass is 35.5. The lowest BCUT2D eigenvalue weighted by Crippen LogP contribution is -2.39. The molecular formula is C20H20ClNO2. The molecule has 2 aliphatic rings. The van der Waals surface area contributed by atoms with E-state index < -0.39 is 5.97 Å². The molecule has 1 aliphatic carbocycles. The summed E-state index contributed by atoms with van der Waals surface area (Å²) in [5, 5.41) is 13.6. The molecule has 24 heavy (non-hydrogen) atoms. The van der Waals surface area contributed by atoms with Gasteiger partial charge in [0, 0.05) is 10.7 Å². The number of carboxylic acids is 1. The molecule has 0 spiro atoms. The largest absolute Gasteiger partial charge is 0.478 e. The minimum Gasteiger partial charge on any atom is -0.478 e. The molecule has 4 heteroatoms. The molecule has 2 aromatic rings. The standard InChI is InChI=1S/C20H20ClNO2/c1-20-10-2-3-15(20)18(12-4-6-13(7-5-12)19(23)24)22-17-9-8-14(21)11-16(17)20/h4-9,11,15,18,22H,2-3,10H2,1H3,(H,23,24)/t15-,18-,20-/m1/s1. The highest BCUT2D eigenvalue weighted by molar-refractivity contribution is 6.30. The number of anilines is 1. The molecule has 0 amide bonds. The van der Waals surface area contributed by atoms with Crippen LogP contribution in [0.2, 0.25) is 5.02 Å². The molecule has 3 nitrogen and oxygen atoms in total. The Morgan fingerprint density at radius 2 is 2.00 bits per heavy atom. The monoisotopic (exact) mass is 341 g/mol. The van der Waals surface area contributed by atoms with Crippen molar-refractivity contribution in [1.29, 1.82) is 0 Å². The Balaban J connectivity index is 1.78. The minimum absolute atomic E-state index is 0.113. The Hall–Kier alpha value is -2.00. The molecule has 0 bridgehead atoms. The van der Waals surface area contributed by atoms with Gasteiger partial charge in [0.05, 0.1) is 11.6 Å². The molecule has 2 aromatic carbocycles. The van der Waals surface area contributed by atoms with Crippen molar-refractivity contribution < 1.29 is 9.90 Å². The summed E-state index contributed by atoms with van der Waals surface area (Å²) in [7, 11) is 0. The Morgan fingerprint density at radius 3 is 2.71 bits per heavy atom. The quantitative estimate of drug-likeness (QED) is 0.783. The average molecular weight is 342 g/mol. The fraction of sp³-hybridized carbons (Fsp3) is 0.350. The van der Waals surface area contributed by atoms with Crippen LogP contribution in [-0.4, -0.2) is 11.1 Å². The van der Waals surface area contributed by atoms with E-state index in [0.717, 1.165) is 22.7 Å². The lowest BCUT2D eigenvalue weighted by Gasteiger charge is -2.44. The Kier molecular flexibility index (Phi) is 3.57. The summed E-state index contributed by atoms with van der Waals surface area (Å²) in [4.78, 5) is 11.1. The van der Waals surface area contributed by atoms with Crippen LogP contribution in [0.1, 0.15) is 53.7 Å². The Bertz CT molecular complexity index is 802. The van der Waals surface area contributed by atoms with Crippen LogP contribution in [0.25, 0.3) is 0 Å². The summed E-state index contributed by atoms with van der Waals surface area (Å²) in [6.07, 6.45) is 3.54. The summed E-state index contributed by atoms with van der Waals surface area (Å²) in [5.41, 5.74) is 4.06. The smallest absolute Gasteiger partial charge is 0.335 e. The number of rotatable bonds is 2. The van der Waals surface area contributed by atoms with Crippen LogP contribution >= 0.6 is 11.6 Å². The van der Waals surface area contributed by atoms with E-state index in [-0.39, 0.29) is 11.5 Å². The molecule has 124 valence electrons. The van der Waals surface area contributed by atoms with Crippen LogP contribution in [0.5, 0.6) is 0 Å².